The van der Waals surface area contributed by atoms with Crippen molar-refractivity contribution in [2.24, 2.45) is 0 Å². The van der Waals surface area contributed by atoms with E-state index < -0.39 is 0 Å². The lowest BCUT2D eigenvalue weighted by molar-refractivity contribution is 0.393. The van der Waals surface area contributed by atoms with E-state index in [1.54, 1.807) is 13.2 Å². The van der Waals surface area contributed by atoms with Crippen LogP contribution >= 0.6 is 0 Å². The minimum atomic E-state index is -0.198. The molecule has 0 amide bonds. The van der Waals surface area contributed by atoms with Crippen LogP contribution in [0.2, 0.25) is 0 Å². The van der Waals surface area contributed by atoms with E-state index in [2.05, 4.69) is 0 Å². The van der Waals surface area contributed by atoms with Crippen molar-refractivity contribution in [3.8, 4) is 23.0 Å². The predicted octanol–water partition coefficient (Wildman–Crippen LogP) is 3.42. The maximum Gasteiger partial charge on any atom is 0.165 e. The Hall–Kier alpha value is -2.62. The number of benzene rings is 3. The molecule has 3 aromatic carbocycles. The number of hydrogen-bond donors (Lipinski definition) is 2. The molecule has 4 heteroatoms. The lowest BCUT2D eigenvalue weighted by Crippen LogP contribution is -1.89. The zero-order valence-corrected chi connectivity index (χ0v) is 11.2. The third-order valence-electron chi connectivity index (χ3n) is 3.46. The molecule has 0 fully saturated rings. The fourth-order valence-corrected chi connectivity index (χ4v) is 2.45. The van der Waals surface area contributed by atoms with Crippen molar-refractivity contribution in [2.45, 2.75) is 0 Å². The van der Waals surface area contributed by atoms with Gasteiger partial charge in [-0.1, -0.05) is 12.1 Å². The SMILES string of the molecule is COc1ccc2ccc3c(O)c(O)cc(OC)c3c2c1. The number of aromatic hydroxyl groups is 2. The van der Waals surface area contributed by atoms with Crippen LogP contribution in [0.15, 0.2) is 36.4 Å². The molecule has 0 saturated heterocycles. The molecule has 0 unspecified atom stereocenters. The predicted molar refractivity (Wildman–Crippen MR) is 77.9 cm³/mol. The van der Waals surface area contributed by atoms with E-state index >= 15 is 0 Å². The van der Waals surface area contributed by atoms with Gasteiger partial charge in [-0.3, -0.25) is 0 Å². The van der Waals surface area contributed by atoms with Gasteiger partial charge in [-0.25, -0.2) is 0 Å². The Bertz CT molecular complexity index is 809. The van der Waals surface area contributed by atoms with Crippen LogP contribution in [0.1, 0.15) is 0 Å². The van der Waals surface area contributed by atoms with E-state index in [4.69, 9.17) is 9.47 Å². The average Bonchev–Trinajstić information content (AvgIpc) is 2.49. The van der Waals surface area contributed by atoms with Gasteiger partial charge < -0.3 is 19.7 Å². The first kappa shape index (κ1) is 12.4. The van der Waals surface area contributed by atoms with Crippen LogP contribution in [0.4, 0.5) is 0 Å². The highest BCUT2D eigenvalue weighted by Crippen LogP contribution is 2.43. The van der Waals surface area contributed by atoms with Crippen molar-refractivity contribution >= 4 is 21.5 Å². The molecule has 0 atom stereocenters. The fourth-order valence-electron chi connectivity index (χ4n) is 2.45. The molecule has 3 aromatic rings. The second-order valence-corrected chi connectivity index (χ2v) is 4.52. The van der Waals surface area contributed by atoms with Crippen molar-refractivity contribution in [1.82, 2.24) is 0 Å². The third-order valence-corrected chi connectivity index (χ3v) is 3.46. The van der Waals surface area contributed by atoms with Crippen molar-refractivity contribution in [1.29, 1.82) is 0 Å². The van der Waals surface area contributed by atoms with Crippen LogP contribution in [0, 0.1) is 0 Å². The maximum atomic E-state index is 10.0. The lowest BCUT2D eigenvalue weighted by atomic mass is 10.00. The third kappa shape index (κ3) is 1.69. The molecule has 0 heterocycles. The zero-order chi connectivity index (χ0) is 14.3. The molecule has 0 bridgehead atoms. The highest BCUT2D eigenvalue weighted by atomic mass is 16.5. The molecule has 2 N–H and O–H groups in total. The molecular formula is C16H14O4. The molecular weight excluding hydrogens is 256 g/mol. The Morgan fingerprint density at radius 3 is 2.30 bits per heavy atom. The number of fused-ring (bicyclic) bond motifs is 3. The van der Waals surface area contributed by atoms with E-state index in [0.717, 1.165) is 21.9 Å². The Morgan fingerprint density at radius 2 is 1.60 bits per heavy atom. The first-order valence-corrected chi connectivity index (χ1v) is 6.15. The van der Waals surface area contributed by atoms with Crippen LogP contribution in [0.3, 0.4) is 0 Å². The number of rotatable bonds is 2. The Balaban J connectivity index is 2.54. The van der Waals surface area contributed by atoms with Gasteiger partial charge in [0, 0.05) is 16.8 Å². The standard InChI is InChI=1S/C16H14O4/c1-19-10-5-3-9-4-6-11-15(12(9)7-10)14(20-2)8-13(17)16(11)18/h3-8,17-18H,1-2H3. The summed E-state index contributed by atoms with van der Waals surface area (Å²) in [4.78, 5) is 0. The van der Waals surface area contributed by atoms with E-state index in [-0.39, 0.29) is 11.5 Å². The van der Waals surface area contributed by atoms with Gasteiger partial charge in [-0.05, 0) is 29.0 Å². The second kappa shape index (κ2) is 4.49. The second-order valence-electron chi connectivity index (χ2n) is 4.52. The summed E-state index contributed by atoms with van der Waals surface area (Å²) in [6.45, 7) is 0. The molecule has 102 valence electrons. The largest absolute Gasteiger partial charge is 0.504 e. The summed E-state index contributed by atoms with van der Waals surface area (Å²) in [5.41, 5.74) is 0. The number of hydrogen-bond acceptors (Lipinski definition) is 4. The summed E-state index contributed by atoms with van der Waals surface area (Å²) in [5.74, 6) is 0.885. The molecule has 20 heavy (non-hydrogen) atoms. The smallest absolute Gasteiger partial charge is 0.165 e. The van der Waals surface area contributed by atoms with Crippen molar-refractivity contribution < 1.29 is 19.7 Å². The van der Waals surface area contributed by atoms with E-state index in [0.29, 0.717) is 11.1 Å². The first-order valence-electron chi connectivity index (χ1n) is 6.15. The summed E-state index contributed by atoms with van der Waals surface area (Å²) in [5, 5.41) is 23.0. The summed E-state index contributed by atoms with van der Waals surface area (Å²) in [6.07, 6.45) is 0. The van der Waals surface area contributed by atoms with Crippen LogP contribution in [0.25, 0.3) is 21.5 Å². The molecule has 0 aliphatic heterocycles. The monoisotopic (exact) mass is 270 g/mol. The van der Waals surface area contributed by atoms with E-state index in [9.17, 15) is 10.2 Å². The highest BCUT2D eigenvalue weighted by Gasteiger charge is 2.14. The Labute approximate surface area is 115 Å². The minimum Gasteiger partial charge on any atom is -0.504 e. The summed E-state index contributed by atoms with van der Waals surface area (Å²) >= 11 is 0. The summed E-state index contributed by atoms with van der Waals surface area (Å²) < 4.78 is 10.6. The summed E-state index contributed by atoms with van der Waals surface area (Å²) in [7, 11) is 3.14. The van der Waals surface area contributed by atoms with Gasteiger partial charge in [0.1, 0.15) is 11.5 Å². The highest BCUT2D eigenvalue weighted by molar-refractivity contribution is 6.13. The topological polar surface area (TPSA) is 58.9 Å². The first-order chi connectivity index (χ1) is 9.65. The van der Waals surface area contributed by atoms with Gasteiger partial charge in [0.15, 0.2) is 11.5 Å². The van der Waals surface area contributed by atoms with Crippen LogP contribution < -0.4 is 9.47 Å². The minimum absolute atomic E-state index is 0.148. The average molecular weight is 270 g/mol. The van der Waals surface area contributed by atoms with Crippen LogP contribution in [-0.2, 0) is 0 Å². The van der Waals surface area contributed by atoms with E-state index in [1.807, 2.05) is 24.3 Å². The van der Waals surface area contributed by atoms with Gasteiger partial charge in [-0.15, -0.1) is 0 Å². The fraction of sp³-hybridized carbons (Fsp3) is 0.125. The summed E-state index contributed by atoms with van der Waals surface area (Å²) in [6, 6.07) is 10.8. The molecule has 0 aliphatic rings. The van der Waals surface area contributed by atoms with Crippen molar-refractivity contribution in [2.75, 3.05) is 14.2 Å². The quantitative estimate of drug-likeness (QED) is 0.553. The van der Waals surface area contributed by atoms with Gasteiger partial charge in [0.2, 0.25) is 0 Å². The molecule has 4 nitrogen and oxygen atoms in total. The molecule has 0 saturated carbocycles. The van der Waals surface area contributed by atoms with Gasteiger partial charge >= 0.3 is 0 Å². The van der Waals surface area contributed by atoms with Gasteiger partial charge in [-0.2, -0.15) is 0 Å². The van der Waals surface area contributed by atoms with Crippen LogP contribution in [0.5, 0.6) is 23.0 Å². The van der Waals surface area contributed by atoms with Crippen LogP contribution in [-0.4, -0.2) is 24.4 Å². The molecule has 0 radical (unpaired) electrons. The number of phenols is 2. The zero-order valence-electron chi connectivity index (χ0n) is 11.2. The van der Waals surface area contributed by atoms with Crippen molar-refractivity contribution in [3.05, 3.63) is 36.4 Å². The molecule has 0 aliphatic carbocycles. The molecule has 3 rings (SSSR count). The normalized spacial score (nSPS) is 10.9. The van der Waals surface area contributed by atoms with Gasteiger partial charge in [0.05, 0.1) is 14.2 Å². The Kier molecular flexibility index (Phi) is 2.79. The van der Waals surface area contributed by atoms with E-state index in [1.165, 1.54) is 13.2 Å². The molecule has 0 spiro atoms. The number of phenolic OH excluding ortho intramolecular Hbond substituents is 2. The van der Waals surface area contributed by atoms with Gasteiger partial charge in [0.25, 0.3) is 0 Å². The number of methoxy groups -OCH3 is 2. The molecule has 0 aromatic heterocycles. The number of ether oxygens (including phenoxy) is 2. The van der Waals surface area contributed by atoms with Crippen molar-refractivity contribution in [3.63, 3.8) is 0 Å². The Morgan fingerprint density at radius 1 is 0.850 bits per heavy atom. The lowest BCUT2D eigenvalue weighted by Gasteiger charge is -2.12. The maximum absolute atomic E-state index is 10.0.